The number of carbonyl (C=O) groups is 4. The van der Waals surface area contributed by atoms with Crippen molar-refractivity contribution in [2.24, 2.45) is 23.4 Å². The number of unbranched alkanes of at least 4 members (excludes halogenated alkanes) is 1. The lowest BCUT2D eigenvalue weighted by atomic mass is 9.85. The van der Waals surface area contributed by atoms with E-state index in [9.17, 15) is 19.2 Å². The molecule has 3 atom stereocenters. The summed E-state index contributed by atoms with van der Waals surface area (Å²) in [5, 5.41) is 13.1. The van der Waals surface area contributed by atoms with Gasteiger partial charge >= 0.3 is 12.0 Å². The Hall–Kier alpha value is -2.28. The number of rotatable bonds is 11. The van der Waals surface area contributed by atoms with E-state index in [0.29, 0.717) is 57.4 Å². The van der Waals surface area contributed by atoms with Gasteiger partial charge in [-0.25, -0.2) is 21.5 Å². The monoisotopic (exact) mass is 565 g/mol. The predicted octanol–water partition coefficient (Wildman–Crippen LogP) is 2.51. The molecule has 3 amide bonds. The Morgan fingerprint density at radius 1 is 0.825 bits per heavy atom. The molecule has 1 aliphatic heterocycles. The molecule has 12 nitrogen and oxygen atoms in total. The van der Waals surface area contributed by atoms with Crippen LogP contribution in [0.3, 0.4) is 0 Å². The number of nitrogens with zero attached hydrogens (tertiary/aromatic N) is 4. The Balaban J connectivity index is 1.53. The summed E-state index contributed by atoms with van der Waals surface area (Å²) < 4.78 is 0. The maximum atomic E-state index is 13.7. The number of carboxylic acid groups (broad SMARTS) is 1. The minimum atomic E-state index is -0.988. The van der Waals surface area contributed by atoms with Crippen molar-refractivity contribution in [1.29, 1.82) is 0 Å². The number of urea groups is 1. The zero-order valence-electron chi connectivity index (χ0n) is 24.6. The van der Waals surface area contributed by atoms with Crippen LogP contribution in [-0.4, -0.2) is 85.0 Å². The fourth-order valence-electron chi connectivity index (χ4n) is 6.78. The molecule has 0 spiro atoms. The number of ketones is 1. The molecular formula is C28H51N7O5. The quantitative estimate of drug-likeness (QED) is 0.127. The van der Waals surface area contributed by atoms with Gasteiger partial charge in [-0.15, -0.1) is 0 Å². The van der Waals surface area contributed by atoms with Crippen LogP contribution in [0.4, 0.5) is 4.79 Å². The number of hydrazine groups is 3. The van der Waals surface area contributed by atoms with Crippen LogP contribution in [0.1, 0.15) is 111 Å². The number of Topliss-reactive ketones (excluding diaryl/α,β-unsaturated/α-hetero) is 1. The maximum absolute atomic E-state index is 13.7. The number of nitrogens with two attached hydrogens (primary N) is 3. The van der Waals surface area contributed by atoms with Gasteiger partial charge in [0.15, 0.2) is 5.78 Å². The van der Waals surface area contributed by atoms with Crippen LogP contribution in [0.25, 0.3) is 0 Å². The molecule has 2 saturated carbocycles. The second-order valence-electron chi connectivity index (χ2n) is 12.6. The standard InChI is InChI=1S/C28H51N7O5/c1-19-9-4-5-10-22(19)34(30)27(40)33(29)20-14-16-21(17-15-20)35(31)28(2,3)26(39)23-11-8-18-32(23)24(36)12-6-7-13-25(37)38/h19-23H,4-18,29-31H2,1-3H3,(H,37,38)/t19?,20?,21?,22?,23-/m0/s1. The molecule has 0 aromatic rings. The Kier molecular flexibility index (Phi) is 11.3. The molecule has 0 aromatic carbocycles. The molecule has 3 fully saturated rings. The van der Waals surface area contributed by atoms with Crippen LogP contribution >= 0.6 is 0 Å². The highest BCUT2D eigenvalue weighted by Crippen LogP contribution is 2.32. The van der Waals surface area contributed by atoms with Crippen molar-refractivity contribution in [2.45, 2.75) is 140 Å². The average Bonchev–Trinajstić information content (AvgIpc) is 3.43. The Morgan fingerprint density at radius 2 is 1.43 bits per heavy atom. The van der Waals surface area contributed by atoms with Crippen LogP contribution in [0.15, 0.2) is 0 Å². The third-order valence-electron chi connectivity index (χ3n) is 9.47. The minimum Gasteiger partial charge on any atom is -0.481 e. The predicted molar refractivity (Wildman–Crippen MR) is 151 cm³/mol. The molecule has 2 aliphatic carbocycles. The highest BCUT2D eigenvalue weighted by Gasteiger charge is 2.46. The van der Waals surface area contributed by atoms with Crippen molar-refractivity contribution in [3.8, 4) is 0 Å². The summed E-state index contributed by atoms with van der Waals surface area (Å²) in [6, 6.07) is -1.09. The van der Waals surface area contributed by atoms with E-state index in [4.69, 9.17) is 22.6 Å². The number of amides is 3. The van der Waals surface area contributed by atoms with E-state index >= 15 is 0 Å². The van der Waals surface area contributed by atoms with Gasteiger partial charge in [-0.2, -0.15) is 0 Å². The normalized spacial score (nSPS) is 27.5. The van der Waals surface area contributed by atoms with E-state index < -0.39 is 17.6 Å². The third-order valence-corrected chi connectivity index (χ3v) is 9.47. The molecule has 228 valence electrons. The Labute approximate surface area is 238 Å². The summed E-state index contributed by atoms with van der Waals surface area (Å²) in [5.41, 5.74) is -0.988. The molecule has 1 saturated heterocycles. The number of carbonyl (C=O) groups excluding carboxylic acids is 3. The summed E-state index contributed by atoms with van der Waals surface area (Å²) in [4.78, 5) is 52.0. The van der Waals surface area contributed by atoms with Gasteiger partial charge in [-0.05, 0) is 84.0 Å². The summed E-state index contributed by atoms with van der Waals surface area (Å²) in [5.74, 6) is 18.4. The van der Waals surface area contributed by atoms with E-state index in [-0.39, 0.29) is 48.7 Å². The fraction of sp³-hybridized carbons (Fsp3) is 0.857. The highest BCUT2D eigenvalue weighted by atomic mass is 16.4. The number of hydrogen-bond donors (Lipinski definition) is 4. The first-order valence-electron chi connectivity index (χ1n) is 15.1. The largest absolute Gasteiger partial charge is 0.481 e. The van der Waals surface area contributed by atoms with Gasteiger partial charge < -0.3 is 10.0 Å². The van der Waals surface area contributed by atoms with E-state index in [1.54, 1.807) is 9.91 Å². The summed E-state index contributed by atoms with van der Waals surface area (Å²) in [6.07, 6.45) is 9.40. The SMILES string of the molecule is CC1CCCCC1N(N)C(=O)N(N)C1CCC(N(N)C(C)(C)C(=O)[C@@H]2CCCN2C(=O)CCCCC(=O)O)CC1. The van der Waals surface area contributed by atoms with Crippen LogP contribution in [0.2, 0.25) is 0 Å². The lowest BCUT2D eigenvalue weighted by Gasteiger charge is -2.45. The smallest absolute Gasteiger partial charge is 0.348 e. The van der Waals surface area contributed by atoms with Crippen molar-refractivity contribution >= 4 is 23.7 Å². The molecule has 0 aromatic heterocycles. The topological polar surface area (TPSA) is 180 Å². The third kappa shape index (κ3) is 7.51. The van der Waals surface area contributed by atoms with Gasteiger partial charge in [0.25, 0.3) is 0 Å². The minimum absolute atomic E-state index is 0.00163. The lowest BCUT2D eigenvalue weighted by Crippen LogP contribution is -2.64. The van der Waals surface area contributed by atoms with Gasteiger partial charge in [-0.3, -0.25) is 30.2 Å². The molecule has 7 N–H and O–H groups in total. The van der Waals surface area contributed by atoms with Crippen molar-refractivity contribution < 1.29 is 24.3 Å². The summed E-state index contributed by atoms with van der Waals surface area (Å²) in [7, 11) is 0. The first-order valence-corrected chi connectivity index (χ1v) is 15.1. The zero-order valence-corrected chi connectivity index (χ0v) is 24.6. The fourth-order valence-corrected chi connectivity index (χ4v) is 6.78. The van der Waals surface area contributed by atoms with Crippen LogP contribution in [0, 0.1) is 5.92 Å². The Bertz CT molecular complexity index is 907. The van der Waals surface area contributed by atoms with Crippen molar-refractivity contribution in [1.82, 2.24) is 19.9 Å². The molecule has 3 aliphatic rings. The van der Waals surface area contributed by atoms with Crippen molar-refractivity contribution in [3.63, 3.8) is 0 Å². The first kappa shape index (κ1) is 32.2. The number of carboxylic acids is 1. The molecule has 12 heteroatoms. The second kappa shape index (κ2) is 14.1. The van der Waals surface area contributed by atoms with Crippen molar-refractivity contribution in [2.75, 3.05) is 6.54 Å². The molecule has 2 unspecified atom stereocenters. The van der Waals surface area contributed by atoms with Gasteiger partial charge in [0.05, 0.1) is 23.7 Å². The van der Waals surface area contributed by atoms with Gasteiger partial charge in [0, 0.05) is 25.4 Å². The Morgan fingerprint density at radius 3 is 2.05 bits per heavy atom. The van der Waals surface area contributed by atoms with E-state index in [1.807, 2.05) is 13.8 Å². The van der Waals surface area contributed by atoms with Crippen LogP contribution in [-0.2, 0) is 14.4 Å². The molecule has 40 heavy (non-hydrogen) atoms. The number of hydrogen-bond acceptors (Lipinski definition) is 8. The van der Waals surface area contributed by atoms with Gasteiger partial charge in [0.1, 0.15) is 0 Å². The van der Waals surface area contributed by atoms with E-state index in [1.165, 1.54) is 10.0 Å². The van der Waals surface area contributed by atoms with Crippen molar-refractivity contribution in [3.05, 3.63) is 0 Å². The molecular weight excluding hydrogens is 514 g/mol. The lowest BCUT2D eigenvalue weighted by molar-refractivity contribution is -0.144. The van der Waals surface area contributed by atoms with Crippen LogP contribution in [0.5, 0.6) is 0 Å². The number of likely N-dealkylation sites (tertiary alicyclic amines) is 1. The highest BCUT2D eigenvalue weighted by molar-refractivity contribution is 5.95. The maximum Gasteiger partial charge on any atom is 0.348 e. The molecule has 3 rings (SSSR count). The molecule has 0 radical (unpaired) electrons. The van der Waals surface area contributed by atoms with Gasteiger partial charge in [-0.1, -0.05) is 19.8 Å². The second-order valence-corrected chi connectivity index (χ2v) is 12.6. The number of aliphatic carboxylic acids is 1. The van der Waals surface area contributed by atoms with E-state index in [2.05, 4.69) is 6.92 Å². The average molecular weight is 566 g/mol. The summed E-state index contributed by atoms with van der Waals surface area (Å²) in [6.45, 7) is 6.28. The van der Waals surface area contributed by atoms with Crippen LogP contribution < -0.4 is 17.5 Å². The van der Waals surface area contributed by atoms with Gasteiger partial charge in [0.2, 0.25) is 5.91 Å². The summed E-state index contributed by atoms with van der Waals surface area (Å²) >= 11 is 0. The molecule has 1 heterocycles. The zero-order chi connectivity index (χ0) is 29.6. The first-order chi connectivity index (χ1) is 18.9. The van der Waals surface area contributed by atoms with E-state index in [0.717, 1.165) is 32.1 Å². The molecule has 0 bridgehead atoms.